The summed E-state index contributed by atoms with van der Waals surface area (Å²) >= 11 is 0. The second-order valence-corrected chi connectivity index (χ2v) is 12.3. The fourth-order valence-corrected chi connectivity index (χ4v) is 6.23. The van der Waals surface area contributed by atoms with E-state index in [1.165, 1.54) is 0 Å². The zero-order valence-electron chi connectivity index (χ0n) is 24.1. The molecule has 1 atom stereocenters. The van der Waals surface area contributed by atoms with Crippen molar-refractivity contribution in [3.63, 3.8) is 0 Å². The Morgan fingerprint density at radius 2 is 1.68 bits per heavy atom. The number of hydrogen-bond acceptors (Lipinski definition) is 6. The van der Waals surface area contributed by atoms with Crippen LogP contribution >= 0.6 is 0 Å². The van der Waals surface area contributed by atoms with Gasteiger partial charge in [-0.15, -0.1) is 5.10 Å². The molecule has 0 aliphatic heterocycles. The van der Waals surface area contributed by atoms with Crippen LogP contribution in [0.15, 0.2) is 42.5 Å². The van der Waals surface area contributed by atoms with Gasteiger partial charge < -0.3 is 15.1 Å². The number of rotatable bonds is 6. The van der Waals surface area contributed by atoms with Crippen LogP contribution in [0, 0.1) is 11.3 Å². The molecule has 212 valence electrons. The first-order valence-electron chi connectivity index (χ1n) is 14.1. The summed E-state index contributed by atoms with van der Waals surface area (Å²) in [5.41, 5.74) is 4.89. The van der Waals surface area contributed by atoms with Gasteiger partial charge in [0.05, 0.1) is 6.04 Å². The van der Waals surface area contributed by atoms with E-state index in [1.807, 2.05) is 61.5 Å². The minimum absolute atomic E-state index is 0.0402. The van der Waals surface area contributed by atoms with Gasteiger partial charge in [-0.3, -0.25) is 10.1 Å². The minimum atomic E-state index is -0.288. The number of tetrazole rings is 1. The molecule has 2 aromatic carbocycles. The van der Waals surface area contributed by atoms with Gasteiger partial charge in [0.1, 0.15) is 0 Å². The highest BCUT2D eigenvalue weighted by Gasteiger charge is 2.39. The number of fused-ring (bicyclic) bond motifs is 1. The number of amides is 3. The smallest absolute Gasteiger partial charge is 0.322 e. The molecule has 0 radical (unpaired) electrons. The van der Waals surface area contributed by atoms with Crippen LogP contribution in [0.5, 0.6) is 0 Å². The lowest BCUT2D eigenvalue weighted by molar-refractivity contribution is 0.0913. The first kappa shape index (κ1) is 27.6. The summed E-state index contributed by atoms with van der Waals surface area (Å²) in [6.07, 6.45) is 5.85. The van der Waals surface area contributed by atoms with Crippen LogP contribution in [-0.4, -0.2) is 57.6 Å². The topological polar surface area (TPSA) is 119 Å². The monoisotopic (exact) mass is 544 g/mol. The Hall–Kier alpha value is -3.95. The van der Waals surface area contributed by atoms with Gasteiger partial charge in [0, 0.05) is 37.1 Å². The SMILES string of the molecule is CN(C)c1ccc(NC(=O)N(C2CCC(C(C)(C)C)CC2)C2CCc3cc(C(=O)Nc4nn[nH]n4)ccc32)cc1. The number of carbonyl (C=O) groups excluding carboxylic acids is 2. The predicted octanol–water partition coefficient (Wildman–Crippen LogP) is 5.64. The maximum absolute atomic E-state index is 14.0. The number of carbonyl (C=O) groups is 2. The van der Waals surface area contributed by atoms with Crippen LogP contribution in [-0.2, 0) is 6.42 Å². The third-order valence-corrected chi connectivity index (χ3v) is 8.54. The van der Waals surface area contributed by atoms with Gasteiger partial charge in [0.25, 0.3) is 11.9 Å². The number of aromatic nitrogens is 4. The normalized spacial score (nSPS) is 20.5. The highest BCUT2D eigenvalue weighted by molar-refractivity contribution is 6.03. The van der Waals surface area contributed by atoms with Crippen molar-refractivity contribution in [2.75, 3.05) is 29.6 Å². The van der Waals surface area contributed by atoms with Gasteiger partial charge in [-0.2, -0.15) is 5.21 Å². The van der Waals surface area contributed by atoms with Crippen molar-refractivity contribution >= 4 is 29.3 Å². The standard InChI is InChI=1S/C30H40N8O2/c1-30(2,3)21-8-12-24(13-9-21)38(29(40)31-22-10-14-23(15-11-22)37(4)5)26-17-7-19-18-20(6-16-25(19)26)27(39)32-28-33-35-36-34-28/h6,10-11,14-16,18,21,24,26H,7-9,12-13,17H2,1-5H3,(H,31,40)(H2,32,33,34,35,36,39). The number of hydrogen-bond donors (Lipinski definition) is 3. The van der Waals surface area contributed by atoms with Crippen LogP contribution < -0.4 is 15.5 Å². The molecular weight excluding hydrogens is 504 g/mol. The summed E-state index contributed by atoms with van der Waals surface area (Å²) < 4.78 is 0. The average Bonchev–Trinajstić information content (AvgIpc) is 3.59. The summed E-state index contributed by atoms with van der Waals surface area (Å²) in [5, 5.41) is 19.3. The van der Waals surface area contributed by atoms with Crippen molar-refractivity contribution < 1.29 is 9.59 Å². The Morgan fingerprint density at radius 3 is 2.30 bits per heavy atom. The maximum atomic E-state index is 14.0. The lowest BCUT2D eigenvalue weighted by Gasteiger charge is -2.43. The molecule has 5 rings (SSSR count). The highest BCUT2D eigenvalue weighted by Crippen LogP contribution is 2.44. The van der Waals surface area contributed by atoms with Gasteiger partial charge in [-0.05, 0) is 103 Å². The number of aromatic amines is 1. The molecule has 1 saturated carbocycles. The first-order valence-corrected chi connectivity index (χ1v) is 14.1. The Kier molecular flexibility index (Phi) is 7.78. The van der Waals surface area contributed by atoms with E-state index in [2.05, 4.69) is 56.9 Å². The molecule has 1 aromatic heterocycles. The zero-order valence-corrected chi connectivity index (χ0v) is 24.1. The first-order chi connectivity index (χ1) is 19.1. The molecular formula is C30H40N8O2. The van der Waals surface area contributed by atoms with Crippen LogP contribution in [0.3, 0.4) is 0 Å². The molecule has 10 heteroatoms. The Balaban J connectivity index is 1.38. The summed E-state index contributed by atoms with van der Waals surface area (Å²) in [6, 6.07) is 13.8. The molecule has 3 N–H and O–H groups in total. The van der Waals surface area contributed by atoms with E-state index in [9.17, 15) is 9.59 Å². The molecule has 3 aromatic rings. The third-order valence-electron chi connectivity index (χ3n) is 8.54. The van der Waals surface area contributed by atoms with Crippen molar-refractivity contribution in [1.82, 2.24) is 25.5 Å². The Bertz CT molecular complexity index is 1320. The molecule has 1 heterocycles. The number of urea groups is 1. The second-order valence-electron chi connectivity index (χ2n) is 12.3. The zero-order chi connectivity index (χ0) is 28.4. The van der Waals surface area contributed by atoms with Gasteiger partial charge >= 0.3 is 6.03 Å². The molecule has 40 heavy (non-hydrogen) atoms. The number of nitrogens with one attached hydrogen (secondary N) is 3. The fraction of sp³-hybridized carbons (Fsp3) is 0.500. The molecule has 2 aliphatic rings. The summed E-state index contributed by atoms with van der Waals surface area (Å²) in [7, 11) is 4.00. The van der Waals surface area contributed by atoms with Crippen LogP contribution in [0.25, 0.3) is 0 Å². The largest absolute Gasteiger partial charge is 0.378 e. The fourth-order valence-electron chi connectivity index (χ4n) is 6.23. The van der Waals surface area contributed by atoms with Crippen molar-refractivity contribution in [1.29, 1.82) is 0 Å². The molecule has 2 aliphatic carbocycles. The van der Waals surface area contributed by atoms with Crippen molar-refractivity contribution in [2.45, 2.75) is 71.4 Å². The third kappa shape index (κ3) is 5.95. The maximum Gasteiger partial charge on any atom is 0.322 e. The highest BCUT2D eigenvalue weighted by atomic mass is 16.2. The summed E-state index contributed by atoms with van der Waals surface area (Å²) in [5.74, 6) is 0.503. The minimum Gasteiger partial charge on any atom is -0.378 e. The van der Waals surface area contributed by atoms with E-state index < -0.39 is 0 Å². The van der Waals surface area contributed by atoms with E-state index in [-0.39, 0.29) is 35.4 Å². The van der Waals surface area contributed by atoms with Gasteiger partial charge in [-0.1, -0.05) is 31.9 Å². The van der Waals surface area contributed by atoms with Crippen LogP contribution in [0.4, 0.5) is 22.1 Å². The Labute approximate surface area is 235 Å². The second kappa shape index (κ2) is 11.3. The number of H-pyrrole nitrogens is 1. The van der Waals surface area contributed by atoms with Gasteiger partial charge in [0.2, 0.25) is 0 Å². The molecule has 0 saturated heterocycles. The molecule has 1 fully saturated rings. The quantitative estimate of drug-likeness (QED) is 0.369. The number of benzene rings is 2. The molecule has 0 spiro atoms. The van der Waals surface area contributed by atoms with Gasteiger partial charge in [-0.25, -0.2) is 4.79 Å². The lowest BCUT2D eigenvalue weighted by atomic mass is 9.71. The summed E-state index contributed by atoms with van der Waals surface area (Å²) in [6.45, 7) is 6.96. The van der Waals surface area contributed by atoms with E-state index in [4.69, 9.17) is 0 Å². The molecule has 1 unspecified atom stereocenters. The number of nitrogens with zero attached hydrogens (tertiary/aromatic N) is 5. The Morgan fingerprint density at radius 1 is 0.950 bits per heavy atom. The molecule has 10 nitrogen and oxygen atoms in total. The number of aryl methyl sites for hydroxylation is 1. The van der Waals surface area contributed by atoms with E-state index in [0.29, 0.717) is 11.5 Å². The van der Waals surface area contributed by atoms with Crippen LogP contribution in [0.1, 0.15) is 80.4 Å². The van der Waals surface area contributed by atoms with E-state index in [0.717, 1.165) is 61.0 Å². The molecule has 3 amide bonds. The molecule has 0 bridgehead atoms. The van der Waals surface area contributed by atoms with Crippen molar-refractivity contribution in [3.8, 4) is 0 Å². The van der Waals surface area contributed by atoms with Crippen molar-refractivity contribution in [3.05, 3.63) is 59.2 Å². The van der Waals surface area contributed by atoms with Gasteiger partial charge in [0.15, 0.2) is 0 Å². The van der Waals surface area contributed by atoms with Crippen LogP contribution in [0.2, 0.25) is 0 Å². The average molecular weight is 545 g/mol. The number of anilines is 3. The van der Waals surface area contributed by atoms with E-state index in [1.54, 1.807) is 0 Å². The van der Waals surface area contributed by atoms with Crippen molar-refractivity contribution in [2.24, 2.45) is 11.3 Å². The summed E-state index contributed by atoms with van der Waals surface area (Å²) in [4.78, 5) is 30.9. The predicted molar refractivity (Wildman–Crippen MR) is 156 cm³/mol. The van der Waals surface area contributed by atoms with E-state index >= 15 is 0 Å². The lowest BCUT2D eigenvalue weighted by Crippen LogP contribution is -2.47.